The first-order valence-corrected chi connectivity index (χ1v) is 9.71. The summed E-state index contributed by atoms with van der Waals surface area (Å²) in [5, 5.41) is 11.0. The lowest BCUT2D eigenvalue weighted by Gasteiger charge is -2.14. The Morgan fingerprint density at radius 2 is 1.52 bits per heavy atom. The highest BCUT2D eigenvalue weighted by atomic mass is 16.3. The van der Waals surface area contributed by atoms with Gasteiger partial charge in [0.25, 0.3) is 0 Å². The minimum absolute atomic E-state index is 0.165. The number of anilines is 1. The second kappa shape index (κ2) is 6.92. The second-order valence-electron chi connectivity index (χ2n) is 8.51. The largest absolute Gasteiger partial charge is 0.493 e. The van der Waals surface area contributed by atoms with Crippen LogP contribution >= 0.6 is 0 Å². The van der Waals surface area contributed by atoms with Gasteiger partial charge >= 0.3 is 0 Å². The van der Waals surface area contributed by atoms with Crippen LogP contribution in [-0.2, 0) is 5.41 Å². The fourth-order valence-corrected chi connectivity index (χ4v) is 3.40. The molecule has 0 aliphatic heterocycles. The zero-order valence-electron chi connectivity index (χ0n) is 17.5. The van der Waals surface area contributed by atoms with E-state index < -0.39 is 0 Å². The first-order valence-electron chi connectivity index (χ1n) is 9.71. The van der Waals surface area contributed by atoms with Gasteiger partial charge in [-0.3, -0.25) is 4.40 Å². The van der Waals surface area contributed by atoms with Crippen LogP contribution in [0.15, 0.2) is 60.8 Å². The average molecular weight is 386 g/mol. The molecule has 0 radical (unpaired) electrons. The lowest BCUT2D eigenvalue weighted by atomic mass is 9.92. The lowest BCUT2D eigenvalue weighted by molar-refractivity contribution is 0.421. The van der Waals surface area contributed by atoms with Crippen molar-refractivity contribution in [1.82, 2.24) is 14.4 Å². The van der Waals surface area contributed by atoms with Gasteiger partial charge in [0.1, 0.15) is 11.4 Å². The first kappa shape index (κ1) is 19.0. The van der Waals surface area contributed by atoms with E-state index in [2.05, 4.69) is 29.2 Å². The number of hydrogen-bond acceptors (Lipinski definition) is 4. The molecule has 0 aliphatic rings. The third-order valence-electron chi connectivity index (χ3n) is 5.02. The molecule has 0 saturated carbocycles. The molecule has 0 spiro atoms. The fraction of sp³-hybridized carbons (Fsp3) is 0.250. The third-order valence-corrected chi connectivity index (χ3v) is 5.02. The minimum Gasteiger partial charge on any atom is -0.493 e. The molecule has 0 saturated heterocycles. The highest BCUT2D eigenvalue weighted by molar-refractivity contribution is 5.78. The molecule has 1 N–H and O–H groups in total. The molecule has 0 unspecified atom stereocenters. The van der Waals surface area contributed by atoms with Crippen molar-refractivity contribution in [3.05, 3.63) is 66.5 Å². The SMILES string of the molecule is CN(C)c1ccc(-c2cn3c(O)c(C(C)(C)C)nc3c(-c3ccccc3)n2)cc1. The summed E-state index contributed by atoms with van der Waals surface area (Å²) in [6.07, 6.45) is 1.87. The summed E-state index contributed by atoms with van der Waals surface area (Å²) in [4.78, 5) is 11.8. The maximum Gasteiger partial charge on any atom is 0.219 e. The highest BCUT2D eigenvalue weighted by Crippen LogP contribution is 2.35. The van der Waals surface area contributed by atoms with E-state index in [1.807, 2.05) is 71.4 Å². The average Bonchev–Trinajstić information content (AvgIpc) is 3.05. The first-order chi connectivity index (χ1) is 13.8. The number of benzene rings is 2. The molecule has 29 heavy (non-hydrogen) atoms. The monoisotopic (exact) mass is 386 g/mol. The van der Waals surface area contributed by atoms with Crippen LogP contribution in [0.1, 0.15) is 26.5 Å². The summed E-state index contributed by atoms with van der Waals surface area (Å²) in [7, 11) is 4.04. The van der Waals surface area contributed by atoms with E-state index in [1.165, 1.54) is 0 Å². The van der Waals surface area contributed by atoms with Gasteiger partial charge in [-0.05, 0) is 12.1 Å². The van der Waals surface area contributed by atoms with Crippen LogP contribution in [0.2, 0.25) is 0 Å². The molecular formula is C24H26N4O. The normalized spacial score (nSPS) is 11.8. The maximum atomic E-state index is 11.0. The van der Waals surface area contributed by atoms with E-state index in [1.54, 1.807) is 4.40 Å². The Morgan fingerprint density at radius 1 is 0.862 bits per heavy atom. The molecular weight excluding hydrogens is 360 g/mol. The summed E-state index contributed by atoms with van der Waals surface area (Å²) < 4.78 is 1.76. The van der Waals surface area contributed by atoms with Gasteiger partial charge in [0.05, 0.1) is 5.69 Å². The molecule has 2 heterocycles. The molecule has 5 nitrogen and oxygen atoms in total. The molecule has 0 bridgehead atoms. The van der Waals surface area contributed by atoms with Gasteiger partial charge in [0.2, 0.25) is 5.88 Å². The van der Waals surface area contributed by atoms with Crippen molar-refractivity contribution < 1.29 is 5.11 Å². The number of aromatic nitrogens is 3. The van der Waals surface area contributed by atoms with Gasteiger partial charge in [-0.15, -0.1) is 0 Å². The topological polar surface area (TPSA) is 53.7 Å². The lowest BCUT2D eigenvalue weighted by Crippen LogP contribution is -2.11. The summed E-state index contributed by atoms with van der Waals surface area (Å²) >= 11 is 0. The summed E-state index contributed by atoms with van der Waals surface area (Å²) in [6.45, 7) is 6.14. The van der Waals surface area contributed by atoms with Crippen LogP contribution in [0.4, 0.5) is 5.69 Å². The van der Waals surface area contributed by atoms with Crippen molar-refractivity contribution >= 4 is 11.3 Å². The van der Waals surface area contributed by atoms with Crippen molar-refractivity contribution in [2.45, 2.75) is 26.2 Å². The van der Waals surface area contributed by atoms with Crippen molar-refractivity contribution in [1.29, 1.82) is 0 Å². The van der Waals surface area contributed by atoms with Crippen LogP contribution in [0, 0.1) is 0 Å². The van der Waals surface area contributed by atoms with Crippen molar-refractivity contribution in [2.24, 2.45) is 0 Å². The number of imidazole rings is 1. The Balaban J connectivity index is 1.98. The molecule has 148 valence electrons. The Labute approximate surface area is 171 Å². The zero-order chi connectivity index (χ0) is 20.8. The predicted octanol–water partition coefficient (Wildman–Crippen LogP) is 5.13. The van der Waals surface area contributed by atoms with Gasteiger partial charge in [-0.1, -0.05) is 63.2 Å². The Bertz CT molecular complexity index is 1150. The van der Waals surface area contributed by atoms with Crippen LogP contribution < -0.4 is 4.90 Å². The van der Waals surface area contributed by atoms with Gasteiger partial charge in [-0.2, -0.15) is 0 Å². The number of fused-ring (bicyclic) bond motifs is 1. The van der Waals surface area contributed by atoms with Crippen molar-refractivity contribution in [3.8, 4) is 28.4 Å². The quantitative estimate of drug-likeness (QED) is 0.530. The molecule has 4 rings (SSSR count). The second-order valence-corrected chi connectivity index (χ2v) is 8.51. The number of rotatable bonds is 3. The van der Waals surface area contributed by atoms with Crippen LogP contribution in [0.5, 0.6) is 5.88 Å². The molecule has 2 aromatic heterocycles. The molecule has 4 aromatic rings. The molecule has 0 aliphatic carbocycles. The van der Waals surface area contributed by atoms with E-state index in [0.29, 0.717) is 11.3 Å². The molecule has 0 fully saturated rings. The summed E-state index contributed by atoms with van der Waals surface area (Å²) in [5.41, 5.74) is 5.66. The summed E-state index contributed by atoms with van der Waals surface area (Å²) in [6, 6.07) is 18.2. The number of hydrogen-bond donors (Lipinski definition) is 1. The van der Waals surface area contributed by atoms with Crippen LogP contribution in [-0.4, -0.2) is 33.6 Å². The van der Waals surface area contributed by atoms with E-state index in [-0.39, 0.29) is 11.3 Å². The number of aromatic hydroxyl groups is 1. The Morgan fingerprint density at radius 3 is 2.10 bits per heavy atom. The van der Waals surface area contributed by atoms with E-state index >= 15 is 0 Å². The smallest absolute Gasteiger partial charge is 0.219 e. The van der Waals surface area contributed by atoms with Crippen LogP contribution in [0.25, 0.3) is 28.2 Å². The molecule has 5 heteroatoms. The highest BCUT2D eigenvalue weighted by Gasteiger charge is 2.26. The van der Waals surface area contributed by atoms with Gasteiger partial charge in [-0.25, -0.2) is 9.97 Å². The van der Waals surface area contributed by atoms with Gasteiger partial charge < -0.3 is 10.0 Å². The van der Waals surface area contributed by atoms with E-state index in [4.69, 9.17) is 9.97 Å². The summed E-state index contributed by atoms with van der Waals surface area (Å²) in [5.74, 6) is 0.165. The van der Waals surface area contributed by atoms with Crippen molar-refractivity contribution in [2.75, 3.05) is 19.0 Å². The molecule has 2 aromatic carbocycles. The standard InChI is InChI=1S/C24H26N4O/c1-24(2,3)21-23(29)28-15-19(16-11-13-18(14-12-16)27(4)5)25-20(22(28)26-21)17-9-7-6-8-10-17/h6-15,29H,1-5H3. The zero-order valence-corrected chi connectivity index (χ0v) is 17.5. The third kappa shape index (κ3) is 3.44. The van der Waals surface area contributed by atoms with Crippen LogP contribution in [0.3, 0.4) is 0 Å². The van der Waals surface area contributed by atoms with Gasteiger partial charge in [0, 0.05) is 42.5 Å². The minimum atomic E-state index is -0.280. The fourth-order valence-electron chi connectivity index (χ4n) is 3.40. The Kier molecular flexibility index (Phi) is 4.53. The van der Waals surface area contributed by atoms with E-state index in [9.17, 15) is 5.11 Å². The van der Waals surface area contributed by atoms with Gasteiger partial charge in [0.15, 0.2) is 5.65 Å². The molecule has 0 atom stereocenters. The van der Waals surface area contributed by atoms with Crippen molar-refractivity contribution in [3.63, 3.8) is 0 Å². The van der Waals surface area contributed by atoms with E-state index in [0.717, 1.165) is 28.2 Å². The predicted molar refractivity (Wildman–Crippen MR) is 119 cm³/mol. The maximum absolute atomic E-state index is 11.0. The number of nitrogens with zero attached hydrogens (tertiary/aromatic N) is 4. The Hall–Kier alpha value is -3.34. The molecule has 0 amide bonds.